The Labute approximate surface area is 125 Å². The molecule has 2 atom stereocenters. The van der Waals surface area contributed by atoms with Crippen LogP contribution >= 0.6 is 0 Å². The smallest absolute Gasteiger partial charge is 0.180 e. The van der Waals surface area contributed by atoms with Crippen LogP contribution in [-0.2, 0) is 4.74 Å². The van der Waals surface area contributed by atoms with Gasteiger partial charge in [0, 0.05) is 18.9 Å². The maximum Gasteiger partial charge on any atom is 0.180 e. The van der Waals surface area contributed by atoms with E-state index in [0.29, 0.717) is 12.1 Å². The van der Waals surface area contributed by atoms with Crippen molar-refractivity contribution in [3.05, 3.63) is 47.9 Å². The molecule has 0 saturated carbocycles. The third-order valence-corrected chi connectivity index (χ3v) is 3.00. The molecule has 1 N–H and O–H groups in total. The number of nitrogens with zero attached hydrogens (tertiary/aromatic N) is 1. The average Bonchev–Trinajstić information content (AvgIpc) is 2.47. The van der Waals surface area contributed by atoms with Gasteiger partial charge in [-0.2, -0.15) is 0 Å². The van der Waals surface area contributed by atoms with Gasteiger partial charge in [0.15, 0.2) is 6.29 Å². The van der Waals surface area contributed by atoms with E-state index in [1.54, 1.807) is 19.2 Å². The predicted molar refractivity (Wildman–Crippen MR) is 83.5 cm³/mol. The van der Waals surface area contributed by atoms with Crippen LogP contribution in [0.3, 0.4) is 0 Å². The van der Waals surface area contributed by atoms with Gasteiger partial charge in [-0.25, -0.2) is 4.39 Å². The SMILES string of the molecule is C=C(F)/C(C#CC1(C)C=CC=NC1)=C\C(=C/C)C(O)OC. The van der Waals surface area contributed by atoms with Gasteiger partial charge in [0.05, 0.1) is 17.5 Å². The van der Waals surface area contributed by atoms with Crippen LogP contribution < -0.4 is 0 Å². The lowest BCUT2D eigenvalue weighted by atomic mass is 9.89. The highest BCUT2D eigenvalue weighted by Gasteiger charge is 2.18. The number of allylic oxidation sites excluding steroid dienone is 4. The van der Waals surface area contributed by atoms with Crippen molar-refractivity contribution in [2.75, 3.05) is 13.7 Å². The number of rotatable bonds is 4. The number of hydrogen-bond donors (Lipinski definition) is 1. The molecule has 0 amide bonds. The lowest BCUT2D eigenvalue weighted by molar-refractivity contribution is -0.0421. The molecular weight excluding hydrogens is 269 g/mol. The Balaban J connectivity index is 3.07. The minimum atomic E-state index is -1.12. The van der Waals surface area contributed by atoms with Crippen LogP contribution in [0.15, 0.2) is 52.8 Å². The molecule has 112 valence electrons. The Kier molecular flexibility index (Phi) is 6.29. The monoisotopic (exact) mass is 289 g/mol. The molecular formula is C17H20FNO2. The van der Waals surface area contributed by atoms with Crippen molar-refractivity contribution in [1.29, 1.82) is 0 Å². The standard InChI is InChI=1S/C17H20FNO2/c1-5-14(16(20)21-4)11-15(13(2)18)7-9-17(3)8-6-10-19-12-17/h5-6,8,10-11,16,20H,2,12H2,1,3-4H3/b14-5+,15-11-. The van der Waals surface area contributed by atoms with Gasteiger partial charge in [0.1, 0.15) is 5.83 Å². The molecule has 0 spiro atoms. The van der Waals surface area contributed by atoms with Crippen molar-refractivity contribution < 1.29 is 14.2 Å². The second-order valence-corrected chi connectivity index (χ2v) is 4.86. The number of methoxy groups -OCH3 is 1. The maximum atomic E-state index is 13.5. The van der Waals surface area contributed by atoms with E-state index in [2.05, 4.69) is 23.4 Å². The van der Waals surface area contributed by atoms with Gasteiger partial charge in [0.25, 0.3) is 0 Å². The fourth-order valence-electron chi connectivity index (χ4n) is 1.68. The number of dihydropyridines is 1. The Morgan fingerprint density at radius 2 is 2.33 bits per heavy atom. The summed E-state index contributed by atoms with van der Waals surface area (Å²) in [5, 5.41) is 9.65. The Morgan fingerprint density at radius 3 is 2.81 bits per heavy atom. The van der Waals surface area contributed by atoms with Gasteiger partial charge < -0.3 is 9.84 Å². The predicted octanol–water partition coefficient (Wildman–Crippen LogP) is 2.96. The molecule has 0 aromatic carbocycles. The Hall–Kier alpha value is -1.96. The molecule has 0 saturated heterocycles. The van der Waals surface area contributed by atoms with Crippen LogP contribution in [0.1, 0.15) is 13.8 Å². The van der Waals surface area contributed by atoms with Gasteiger partial charge in [-0.15, -0.1) is 0 Å². The molecule has 0 bridgehead atoms. The van der Waals surface area contributed by atoms with E-state index in [0.717, 1.165) is 0 Å². The quantitative estimate of drug-likeness (QED) is 0.491. The first kappa shape index (κ1) is 17.1. The van der Waals surface area contributed by atoms with Crippen LogP contribution in [0.4, 0.5) is 4.39 Å². The minimum absolute atomic E-state index is 0.114. The molecule has 1 heterocycles. The van der Waals surface area contributed by atoms with E-state index in [-0.39, 0.29) is 5.57 Å². The first-order valence-corrected chi connectivity index (χ1v) is 6.56. The first-order chi connectivity index (χ1) is 9.91. The number of ether oxygens (including phenoxy) is 1. The van der Waals surface area contributed by atoms with Gasteiger partial charge in [-0.05, 0) is 26.0 Å². The molecule has 2 unspecified atom stereocenters. The van der Waals surface area contributed by atoms with Crippen LogP contribution in [0, 0.1) is 17.3 Å². The number of hydrogen-bond acceptors (Lipinski definition) is 3. The number of aliphatic imine (C=N–C) groups is 1. The highest BCUT2D eigenvalue weighted by atomic mass is 19.1. The topological polar surface area (TPSA) is 41.8 Å². The molecule has 0 aromatic heterocycles. The van der Waals surface area contributed by atoms with Crippen molar-refractivity contribution in [3.8, 4) is 11.8 Å². The summed E-state index contributed by atoms with van der Waals surface area (Å²) in [6, 6.07) is 0. The Bertz CT molecular complexity index is 575. The van der Waals surface area contributed by atoms with Gasteiger partial charge in [-0.3, -0.25) is 4.99 Å². The summed E-state index contributed by atoms with van der Waals surface area (Å²) in [7, 11) is 1.36. The van der Waals surface area contributed by atoms with E-state index >= 15 is 0 Å². The summed E-state index contributed by atoms with van der Waals surface area (Å²) in [6.45, 7) is 7.45. The summed E-state index contributed by atoms with van der Waals surface area (Å²) < 4.78 is 18.4. The number of halogens is 1. The molecule has 0 aromatic rings. The van der Waals surface area contributed by atoms with E-state index in [1.165, 1.54) is 13.2 Å². The van der Waals surface area contributed by atoms with Crippen molar-refractivity contribution >= 4 is 6.21 Å². The van der Waals surface area contributed by atoms with Crippen LogP contribution in [-0.4, -0.2) is 31.3 Å². The zero-order chi connectivity index (χ0) is 15.9. The zero-order valence-electron chi connectivity index (χ0n) is 12.6. The van der Waals surface area contributed by atoms with Crippen LogP contribution in [0.5, 0.6) is 0 Å². The third kappa shape index (κ3) is 5.14. The third-order valence-electron chi connectivity index (χ3n) is 3.00. The summed E-state index contributed by atoms with van der Waals surface area (Å²) in [6.07, 6.45) is 7.39. The molecule has 1 rings (SSSR count). The van der Waals surface area contributed by atoms with Crippen molar-refractivity contribution in [3.63, 3.8) is 0 Å². The summed E-state index contributed by atoms with van der Waals surface area (Å²) >= 11 is 0. The highest BCUT2D eigenvalue weighted by molar-refractivity contribution is 5.72. The lowest BCUT2D eigenvalue weighted by Gasteiger charge is -2.18. The van der Waals surface area contributed by atoms with Gasteiger partial charge >= 0.3 is 0 Å². The molecule has 0 aliphatic carbocycles. The minimum Gasteiger partial charge on any atom is -0.364 e. The van der Waals surface area contributed by atoms with E-state index in [9.17, 15) is 9.50 Å². The largest absolute Gasteiger partial charge is 0.364 e. The Morgan fingerprint density at radius 1 is 1.62 bits per heavy atom. The lowest BCUT2D eigenvalue weighted by Crippen LogP contribution is -2.17. The molecule has 1 aliphatic heterocycles. The zero-order valence-corrected chi connectivity index (χ0v) is 12.6. The molecule has 4 heteroatoms. The second-order valence-electron chi connectivity index (χ2n) is 4.86. The molecule has 0 fully saturated rings. The summed E-state index contributed by atoms with van der Waals surface area (Å²) in [5.74, 6) is 5.12. The number of aliphatic hydroxyl groups is 1. The molecule has 0 radical (unpaired) electrons. The maximum absolute atomic E-state index is 13.5. The average molecular weight is 289 g/mol. The fourth-order valence-corrected chi connectivity index (χ4v) is 1.68. The van der Waals surface area contributed by atoms with Crippen molar-refractivity contribution in [1.82, 2.24) is 0 Å². The van der Waals surface area contributed by atoms with Crippen molar-refractivity contribution in [2.24, 2.45) is 10.4 Å². The molecule has 21 heavy (non-hydrogen) atoms. The summed E-state index contributed by atoms with van der Waals surface area (Å²) in [5.41, 5.74) is 0.102. The second kappa shape index (κ2) is 7.72. The van der Waals surface area contributed by atoms with E-state index in [4.69, 9.17) is 4.74 Å². The summed E-state index contributed by atoms with van der Waals surface area (Å²) in [4.78, 5) is 4.15. The first-order valence-electron chi connectivity index (χ1n) is 6.56. The van der Waals surface area contributed by atoms with E-state index < -0.39 is 17.5 Å². The van der Waals surface area contributed by atoms with Crippen molar-refractivity contribution in [2.45, 2.75) is 20.1 Å². The van der Waals surface area contributed by atoms with Gasteiger partial charge in [-0.1, -0.05) is 30.6 Å². The highest BCUT2D eigenvalue weighted by Crippen LogP contribution is 2.21. The van der Waals surface area contributed by atoms with Crippen LogP contribution in [0.25, 0.3) is 0 Å². The molecule has 3 nitrogen and oxygen atoms in total. The fraction of sp³-hybridized carbons (Fsp3) is 0.353. The van der Waals surface area contributed by atoms with Crippen LogP contribution in [0.2, 0.25) is 0 Å². The number of aliphatic hydroxyl groups excluding tert-OH is 1. The molecule has 1 aliphatic rings. The van der Waals surface area contributed by atoms with Gasteiger partial charge in [0.2, 0.25) is 0 Å². The normalized spacial score (nSPS) is 23.5. The van der Waals surface area contributed by atoms with E-state index in [1.807, 2.05) is 19.1 Å².